The second kappa shape index (κ2) is 5.52. The van der Waals surface area contributed by atoms with Gasteiger partial charge in [0.1, 0.15) is 0 Å². The van der Waals surface area contributed by atoms with Gasteiger partial charge in [-0.1, -0.05) is 6.92 Å². The summed E-state index contributed by atoms with van der Waals surface area (Å²) in [6.07, 6.45) is 5.66. The van der Waals surface area contributed by atoms with E-state index in [1.807, 2.05) is 6.92 Å². The van der Waals surface area contributed by atoms with Crippen LogP contribution in [-0.4, -0.2) is 36.2 Å². The van der Waals surface area contributed by atoms with Crippen LogP contribution in [0, 0.1) is 5.41 Å². The van der Waals surface area contributed by atoms with Crippen molar-refractivity contribution in [3.8, 4) is 5.88 Å². The molecule has 0 unspecified atom stereocenters. The summed E-state index contributed by atoms with van der Waals surface area (Å²) in [4.78, 5) is 10.9. The van der Waals surface area contributed by atoms with Gasteiger partial charge in [0.2, 0.25) is 5.88 Å². The Morgan fingerprint density at radius 3 is 2.72 bits per heavy atom. The van der Waals surface area contributed by atoms with Crippen molar-refractivity contribution in [3.05, 3.63) is 12.4 Å². The molecule has 0 bridgehead atoms. The van der Waals surface area contributed by atoms with E-state index >= 15 is 0 Å². The standard InChI is InChI=1S/C13H22N4O/c1-3-18-12-9-15-8-11(16-12)17-6-4-13(2,10-14)5-7-17/h8-9H,3-7,10,14H2,1-2H3. The zero-order valence-corrected chi connectivity index (χ0v) is 11.2. The summed E-state index contributed by atoms with van der Waals surface area (Å²) in [6, 6.07) is 0. The van der Waals surface area contributed by atoms with E-state index in [1.54, 1.807) is 12.4 Å². The Hall–Kier alpha value is -1.36. The van der Waals surface area contributed by atoms with Crippen LogP contribution in [0.1, 0.15) is 26.7 Å². The minimum absolute atomic E-state index is 0.279. The minimum Gasteiger partial charge on any atom is -0.477 e. The van der Waals surface area contributed by atoms with Crippen LogP contribution in [0.15, 0.2) is 12.4 Å². The van der Waals surface area contributed by atoms with Crippen LogP contribution in [0.2, 0.25) is 0 Å². The molecule has 0 radical (unpaired) electrons. The lowest BCUT2D eigenvalue weighted by Crippen LogP contribution is -2.42. The predicted octanol–water partition coefficient (Wildman–Crippen LogP) is 1.44. The number of piperidine rings is 1. The van der Waals surface area contributed by atoms with Crippen molar-refractivity contribution < 1.29 is 4.74 Å². The van der Waals surface area contributed by atoms with Gasteiger partial charge < -0.3 is 15.4 Å². The average Bonchev–Trinajstić information content (AvgIpc) is 2.40. The predicted molar refractivity (Wildman–Crippen MR) is 71.8 cm³/mol. The van der Waals surface area contributed by atoms with E-state index in [4.69, 9.17) is 10.5 Å². The molecule has 0 atom stereocenters. The van der Waals surface area contributed by atoms with Crippen LogP contribution in [-0.2, 0) is 0 Å². The Morgan fingerprint density at radius 2 is 2.11 bits per heavy atom. The number of hydrogen-bond donors (Lipinski definition) is 1. The highest BCUT2D eigenvalue weighted by Gasteiger charge is 2.29. The molecule has 2 rings (SSSR count). The van der Waals surface area contributed by atoms with Crippen molar-refractivity contribution in [1.29, 1.82) is 0 Å². The highest BCUT2D eigenvalue weighted by Crippen LogP contribution is 2.31. The minimum atomic E-state index is 0.279. The lowest BCUT2D eigenvalue weighted by molar-refractivity contribution is 0.257. The summed E-state index contributed by atoms with van der Waals surface area (Å²) in [7, 11) is 0. The first-order valence-corrected chi connectivity index (χ1v) is 6.57. The number of nitrogens with zero attached hydrogens (tertiary/aromatic N) is 3. The van der Waals surface area contributed by atoms with Crippen LogP contribution in [0.25, 0.3) is 0 Å². The zero-order chi connectivity index (χ0) is 13.0. The fourth-order valence-corrected chi connectivity index (χ4v) is 2.19. The molecule has 1 aliphatic heterocycles. The topological polar surface area (TPSA) is 64.3 Å². The summed E-state index contributed by atoms with van der Waals surface area (Å²) >= 11 is 0. The molecule has 0 saturated carbocycles. The monoisotopic (exact) mass is 250 g/mol. The number of nitrogens with two attached hydrogens (primary N) is 1. The lowest BCUT2D eigenvalue weighted by Gasteiger charge is -2.39. The Labute approximate surface area is 108 Å². The van der Waals surface area contributed by atoms with E-state index < -0.39 is 0 Å². The number of aromatic nitrogens is 2. The third kappa shape index (κ3) is 2.90. The second-order valence-electron chi connectivity index (χ2n) is 5.15. The molecule has 0 aromatic carbocycles. The van der Waals surface area contributed by atoms with Crippen LogP contribution in [0.5, 0.6) is 5.88 Å². The number of hydrogen-bond acceptors (Lipinski definition) is 5. The molecular weight excluding hydrogens is 228 g/mol. The molecule has 1 aromatic heterocycles. The lowest BCUT2D eigenvalue weighted by atomic mass is 9.80. The van der Waals surface area contributed by atoms with Crippen LogP contribution in [0.4, 0.5) is 5.82 Å². The van der Waals surface area contributed by atoms with E-state index in [9.17, 15) is 0 Å². The molecule has 1 fully saturated rings. The van der Waals surface area contributed by atoms with E-state index in [1.165, 1.54) is 0 Å². The zero-order valence-electron chi connectivity index (χ0n) is 11.2. The molecule has 2 heterocycles. The highest BCUT2D eigenvalue weighted by molar-refractivity contribution is 5.38. The summed E-state index contributed by atoms with van der Waals surface area (Å²) in [6.45, 7) is 7.54. The summed E-state index contributed by atoms with van der Waals surface area (Å²) in [5, 5.41) is 0. The smallest absolute Gasteiger partial charge is 0.234 e. The largest absolute Gasteiger partial charge is 0.477 e. The summed E-state index contributed by atoms with van der Waals surface area (Å²) in [5.74, 6) is 1.50. The normalized spacial score (nSPS) is 18.7. The molecule has 5 heteroatoms. The van der Waals surface area contributed by atoms with Crippen molar-refractivity contribution in [3.63, 3.8) is 0 Å². The van der Waals surface area contributed by atoms with Gasteiger partial charge in [-0.2, -0.15) is 4.98 Å². The van der Waals surface area contributed by atoms with Gasteiger partial charge in [0.15, 0.2) is 5.82 Å². The van der Waals surface area contributed by atoms with E-state index in [2.05, 4.69) is 21.8 Å². The van der Waals surface area contributed by atoms with E-state index in [0.29, 0.717) is 12.5 Å². The fraction of sp³-hybridized carbons (Fsp3) is 0.692. The summed E-state index contributed by atoms with van der Waals surface area (Å²) in [5.41, 5.74) is 6.10. The summed E-state index contributed by atoms with van der Waals surface area (Å²) < 4.78 is 5.38. The molecular formula is C13H22N4O. The van der Waals surface area contributed by atoms with Crippen molar-refractivity contribution >= 4 is 5.82 Å². The van der Waals surface area contributed by atoms with Crippen molar-refractivity contribution in [2.75, 3.05) is 31.1 Å². The van der Waals surface area contributed by atoms with Gasteiger partial charge in [0.05, 0.1) is 19.0 Å². The van der Waals surface area contributed by atoms with Gasteiger partial charge in [-0.05, 0) is 31.7 Å². The van der Waals surface area contributed by atoms with Gasteiger partial charge in [0, 0.05) is 13.1 Å². The molecule has 1 aromatic rings. The Morgan fingerprint density at radius 1 is 1.39 bits per heavy atom. The van der Waals surface area contributed by atoms with Gasteiger partial charge >= 0.3 is 0 Å². The van der Waals surface area contributed by atoms with Crippen molar-refractivity contribution in [2.45, 2.75) is 26.7 Å². The molecule has 5 nitrogen and oxygen atoms in total. The van der Waals surface area contributed by atoms with E-state index in [0.717, 1.165) is 38.3 Å². The quantitative estimate of drug-likeness (QED) is 0.876. The van der Waals surface area contributed by atoms with E-state index in [-0.39, 0.29) is 5.41 Å². The maximum absolute atomic E-state index is 5.82. The first-order valence-electron chi connectivity index (χ1n) is 6.57. The SMILES string of the molecule is CCOc1cncc(N2CCC(C)(CN)CC2)n1. The van der Waals surface area contributed by atoms with Gasteiger partial charge in [-0.25, -0.2) is 0 Å². The Kier molecular flexibility index (Phi) is 4.01. The highest BCUT2D eigenvalue weighted by atomic mass is 16.5. The second-order valence-corrected chi connectivity index (χ2v) is 5.15. The molecule has 100 valence electrons. The number of anilines is 1. The van der Waals surface area contributed by atoms with Crippen molar-refractivity contribution in [1.82, 2.24) is 9.97 Å². The third-order valence-corrected chi connectivity index (χ3v) is 3.68. The van der Waals surface area contributed by atoms with Crippen LogP contribution >= 0.6 is 0 Å². The maximum Gasteiger partial charge on any atom is 0.234 e. The molecule has 2 N–H and O–H groups in total. The Bertz CT molecular complexity index is 388. The molecule has 0 spiro atoms. The van der Waals surface area contributed by atoms with Crippen molar-refractivity contribution in [2.24, 2.45) is 11.1 Å². The Balaban J connectivity index is 2.03. The fourth-order valence-electron chi connectivity index (χ4n) is 2.19. The average molecular weight is 250 g/mol. The maximum atomic E-state index is 5.82. The molecule has 0 amide bonds. The molecule has 1 saturated heterocycles. The van der Waals surface area contributed by atoms with Crippen LogP contribution in [0.3, 0.4) is 0 Å². The molecule has 1 aliphatic rings. The first kappa shape index (κ1) is 13.1. The van der Waals surface area contributed by atoms with Gasteiger partial charge in [-0.15, -0.1) is 0 Å². The third-order valence-electron chi connectivity index (χ3n) is 3.68. The number of ether oxygens (including phenoxy) is 1. The first-order chi connectivity index (χ1) is 8.67. The van der Waals surface area contributed by atoms with Gasteiger partial charge in [-0.3, -0.25) is 4.98 Å². The van der Waals surface area contributed by atoms with Gasteiger partial charge in [0.25, 0.3) is 0 Å². The molecule has 18 heavy (non-hydrogen) atoms. The molecule has 0 aliphatic carbocycles. The van der Waals surface area contributed by atoms with Crippen LogP contribution < -0.4 is 15.4 Å². The number of rotatable bonds is 4.